The molecule has 2 aliphatic rings. The zero-order valence-electron chi connectivity index (χ0n) is 14.9. The summed E-state index contributed by atoms with van der Waals surface area (Å²) in [5.41, 5.74) is 0.806. The Morgan fingerprint density at radius 3 is 2.44 bits per heavy atom. The summed E-state index contributed by atoms with van der Waals surface area (Å²) < 4.78 is 11.4. The lowest BCUT2D eigenvalue weighted by Crippen LogP contribution is -2.47. The Bertz CT molecular complexity index is 629. The van der Waals surface area contributed by atoms with E-state index in [1.54, 1.807) is 21.9 Å². The molecule has 2 amide bonds. The monoisotopic (exact) mass is 347 g/mol. The number of piperidine rings is 1. The number of nitrogens with zero attached hydrogens (tertiary/aromatic N) is 3. The van der Waals surface area contributed by atoms with E-state index >= 15 is 0 Å². The van der Waals surface area contributed by atoms with Crippen LogP contribution in [0.4, 0.5) is 0 Å². The van der Waals surface area contributed by atoms with Gasteiger partial charge in [0.2, 0.25) is 0 Å². The zero-order chi connectivity index (χ0) is 17.9. The van der Waals surface area contributed by atoms with Crippen molar-refractivity contribution in [1.29, 1.82) is 0 Å². The van der Waals surface area contributed by atoms with Crippen LogP contribution < -0.4 is 0 Å². The first-order valence-corrected chi connectivity index (χ1v) is 8.91. The molecule has 2 saturated heterocycles. The maximum atomic E-state index is 12.7. The van der Waals surface area contributed by atoms with Crippen LogP contribution in [0.1, 0.15) is 47.5 Å². The van der Waals surface area contributed by atoms with Crippen molar-refractivity contribution in [2.45, 2.75) is 32.5 Å². The van der Waals surface area contributed by atoms with E-state index in [1.165, 1.54) is 6.20 Å². The number of carbonyl (C=O) groups is 2. The fourth-order valence-corrected chi connectivity index (χ4v) is 3.37. The summed E-state index contributed by atoms with van der Waals surface area (Å²) in [6, 6.07) is 3.25. The molecule has 2 aliphatic heterocycles. The van der Waals surface area contributed by atoms with Crippen LogP contribution in [0.2, 0.25) is 0 Å². The Morgan fingerprint density at radius 2 is 1.84 bits per heavy atom. The molecule has 1 spiro atoms. The van der Waals surface area contributed by atoms with Gasteiger partial charge in [-0.15, -0.1) is 0 Å². The molecule has 0 atom stereocenters. The first-order chi connectivity index (χ1) is 12.1. The molecule has 1 aromatic heterocycles. The summed E-state index contributed by atoms with van der Waals surface area (Å²) in [5.74, 6) is -0.737. The van der Waals surface area contributed by atoms with Gasteiger partial charge in [0, 0.05) is 50.8 Å². The van der Waals surface area contributed by atoms with Gasteiger partial charge in [0.15, 0.2) is 5.79 Å². The van der Waals surface area contributed by atoms with E-state index in [4.69, 9.17) is 9.47 Å². The van der Waals surface area contributed by atoms with E-state index in [0.717, 1.165) is 0 Å². The van der Waals surface area contributed by atoms with Gasteiger partial charge in [-0.1, -0.05) is 0 Å². The van der Waals surface area contributed by atoms with Crippen molar-refractivity contribution in [2.24, 2.45) is 0 Å². The Labute approximate surface area is 147 Å². The maximum absolute atomic E-state index is 12.7. The van der Waals surface area contributed by atoms with Crippen molar-refractivity contribution >= 4 is 11.8 Å². The number of hydrogen-bond acceptors (Lipinski definition) is 5. The predicted octanol–water partition coefficient (Wildman–Crippen LogP) is 1.54. The van der Waals surface area contributed by atoms with Crippen LogP contribution in [-0.2, 0) is 9.47 Å². The zero-order valence-corrected chi connectivity index (χ0v) is 14.9. The van der Waals surface area contributed by atoms with E-state index < -0.39 is 5.79 Å². The number of ether oxygens (including phenoxy) is 2. The van der Waals surface area contributed by atoms with Crippen molar-refractivity contribution in [3.05, 3.63) is 29.6 Å². The minimum absolute atomic E-state index is 0.0770. The average Bonchev–Trinajstić information content (AvgIpc) is 3.11. The van der Waals surface area contributed by atoms with Crippen LogP contribution in [0.15, 0.2) is 18.3 Å². The molecule has 25 heavy (non-hydrogen) atoms. The Hall–Kier alpha value is -1.99. The summed E-state index contributed by atoms with van der Waals surface area (Å²) in [4.78, 5) is 32.9. The summed E-state index contributed by atoms with van der Waals surface area (Å²) in [5, 5.41) is 0. The quantitative estimate of drug-likeness (QED) is 0.826. The molecule has 7 heteroatoms. The fourth-order valence-electron chi connectivity index (χ4n) is 3.37. The molecule has 0 unspecified atom stereocenters. The fraction of sp³-hybridized carbons (Fsp3) is 0.611. The van der Waals surface area contributed by atoms with Crippen LogP contribution in [0.25, 0.3) is 0 Å². The number of aromatic nitrogens is 1. The molecule has 2 fully saturated rings. The van der Waals surface area contributed by atoms with Crippen LogP contribution in [-0.4, -0.2) is 71.8 Å². The SMILES string of the molecule is CCN(CC)C(=O)c1ccnc(C(=O)N2CCC3(CC2)OCCO3)c1. The standard InChI is InChI=1S/C18H25N3O4/c1-3-20(4-2)16(22)14-5-8-19-15(13-14)17(23)21-9-6-18(7-10-21)24-11-12-25-18/h5,8,13H,3-4,6-7,9-12H2,1-2H3. The second kappa shape index (κ2) is 7.49. The average molecular weight is 347 g/mol. The van der Waals surface area contributed by atoms with Gasteiger partial charge in [-0.3, -0.25) is 14.6 Å². The van der Waals surface area contributed by atoms with Crippen LogP contribution in [0.3, 0.4) is 0 Å². The molecule has 0 saturated carbocycles. The van der Waals surface area contributed by atoms with E-state index in [2.05, 4.69) is 4.98 Å². The first-order valence-electron chi connectivity index (χ1n) is 8.91. The van der Waals surface area contributed by atoms with Gasteiger partial charge in [-0.25, -0.2) is 0 Å². The van der Waals surface area contributed by atoms with E-state index in [0.29, 0.717) is 63.5 Å². The summed E-state index contributed by atoms with van der Waals surface area (Å²) in [6.45, 7) is 7.50. The van der Waals surface area contributed by atoms with E-state index in [9.17, 15) is 9.59 Å². The van der Waals surface area contributed by atoms with Crippen molar-refractivity contribution in [1.82, 2.24) is 14.8 Å². The third-order valence-electron chi connectivity index (χ3n) is 4.90. The maximum Gasteiger partial charge on any atom is 0.272 e. The molecule has 0 radical (unpaired) electrons. The normalized spacial score (nSPS) is 19.2. The summed E-state index contributed by atoms with van der Waals surface area (Å²) in [6.07, 6.45) is 2.85. The highest BCUT2D eigenvalue weighted by Gasteiger charge is 2.41. The lowest BCUT2D eigenvalue weighted by molar-refractivity contribution is -0.181. The summed E-state index contributed by atoms with van der Waals surface area (Å²) in [7, 11) is 0. The first kappa shape index (κ1) is 17.8. The van der Waals surface area contributed by atoms with Gasteiger partial charge in [0.25, 0.3) is 11.8 Å². The number of amides is 2. The van der Waals surface area contributed by atoms with Crippen molar-refractivity contribution < 1.29 is 19.1 Å². The molecular formula is C18H25N3O4. The van der Waals surface area contributed by atoms with Gasteiger partial charge < -0.3 is 19.3 Å². The largest absolute Gasteiger partial charge is 0.347 e. The number of rotatable bonds is 4. The van der Waals surface area contributed by atoms with Crippen molar-refractivity contribution in [3.63, 3.8) is 0 Å². The van der Waals surface area contributed by atoms with E-state index in [1.807, 2.05) is 13.8 Å². The molecule has 0 N–H and O–H groups in total. The third kappa shape index (κ3) is 3.67. The molecule has 0 aliphatic carbocycles. The Kier molecular flexibility index (Phi) is 5.34. The smallest absolute Gasteiger partial charge is 0.272 e. The molecule has 7 nitrogen and oxygen atoms in total. The molecule has 1 aromatic rings. The van der Waals surface area contributed by atoms with Crippen LogP contribution in [0.5, 0.6) is 0 Å². The molecule has 3 rings (SSSR count). The molecule has 0 bridgehead atoms. The Morgan fingerprint density at radius 1 is 1.20 bits per heavy atom. The number of carbonyl (C=O) groups excluding carboxylic acids is 2. The highest BCUT2D eigenvalue weighted by Crippen LogP contribution is 2.31. The minimum atomic E-state index is -0.509. The predicted molar refractivity (Wildman–Crippen MR) is 91.3 cm³/mol. The molecule has 3 heterocycles. The highest BCUT2D eigenvalue weighted by molar-refractivity contribution is 5.98. The minimum Gasteiger partial charge on any atom is -0.347 e. The molecule has 136 valence electrons. The second-order valence-electron chi connectivity index (χ2n) is 6.31. The van der Waals surface area contributed by atoms with Crippen molar-refractivity contribution in [2.75, 3.05) is 39.4 Å². The number of pyridine rings is 1. The molecular weight excluding hydrogens is 322 g/mol. The lowest BCUT2D eigenvalue weighted by atomic mass is 10.0. The van der Waals surface area contributed by atoms with Gasteiger partial charge in [-0.05, 0) is 26.0 Å². The lowest BCUT2D eigenvalue weighted by Gasteiger charge is -2.37. The van der Waals surface area contributed by atoms with Crippen LogP contribution in [0, 0.1) is 0 Å². The number of hydrogen-bond donors (Lipinski definition) is 0. The van der Waals surface area contributed by atoms with Gasteiger partial charge >= 0.3 is 0 Å². The van der Waals surface area contributed by atoms with Gasteiger partial charge in [0.1, 0.15) is 5.69 Å². The third-order valence-corrected chi connectivity index (χ3v) is 4.90. The highest BCUT2D eigenvalue weighted by atomic mass is 16.7. The van der Waals surface area contributed by atoms with Gasteiger partial charge in [-0.2, -0.15) is 0 Å². The Balaban J connectivity index is 1.68. The number of likely N-dealkylation sites (tertiary alicyclic amines) is 1. The van der Waals surface area contributed by atoms with Crippen molar-refractivity contribution in [3.8, 4) is 0 Å². The second-order valence-corrected chi connectivity index (χ2v) is 6.31. The summed E-state index contributed by atoms with van der Waals surface area (Å²) >= 11 is 0. The topological polar surface area (TPSA) is 72.0 Å². The molecule has 0 aromatic carbocycles. The van der Waals surface area contributed by atoms with Crippen LogP contribution >= 0.6 is 0 Å². The van der Waals surface area contributed by atoms with E-state index in [-0.39, 0.29) is 11.8 Å². The van der Waals surface area contributed by atoms with Gasteiger partial charge in [0.05, 0.1) is 13.2 Å².